The molecule has 1 fully saturated rings. The number of rotatable bonds is 5. The van der Waals surface area contributed by atoms with Crippen molar-refractivity contribution in [2.24, 2.45) is 0 Å². The van der Waals surface area contributed by atoms with Gasteiger partial charge in [0.15, 0.2) is 0 Å². The summed E-state index contributed by atoms with van der Waals surface area (Å²) in [5.74, 6) is 0.721. The largest absolute Gasteiger partial charge is 0.419 e. The molecule has 1 aliphatic carbocycles. The Morgan fingerprint density at radius 1 is 1.21 bits per heavy atom. The number of thiazole rings is 1. The number of nitrogens with zero attached hydrogens (tertiary/aromatic N) is 4. The van der Waals surface area contributed by atoms with Gasteiger partial charge in [-0.25, -0.2) is 4.98 Å². The SMILES string of the molecule is O=C(c1ccc2ncsc2c1)N(Cc1nnc(-c2ccccc2Cl)o1)C1CC1. The molecule has 0 radical (unpaired) electrons. The molecule has 0 atom stereocenters. The first-order valence-corrected chi connectivity index (χ1v) is 10.2. The lowest BCUT2D eigenvalue weighted by Crippen LogP contribution is -2.32. The zero-order chi connectivity index (χ0) is 19.1. The second-order valence-corrected chi connectivity index (χ2v) is 7.97. The number of benzene rings is 2. The molecule has 0 bridgehead atoms. The van der Waals surface area contributed by atoms with Crippen molar-refractivity contribution in [1.29, 1.82) is 0 Å². The van der Waals surface area contributed by atoms with Crippen LogP contribution in [0.15, 0.2) is 52.4 Å². The number of hydrogen-bond donors (Lipinski definition) is 0. The topological polar surface area (TPSA) is 72.1 Å². The molecular weight excluding hydrogens is 396 g/mol. The monoisotopic (exact) mass is 410 g/mol. The zero-order valence-corrected chi connectivity index (χ0v) is 16.3. The van der Waals surface area contributed by atoms with Gasteiger partial charge in [-0.1, -0.05) is 23.7 Å². The van der Waals surface area contributed by atoms with Crippen LogP contribution in [0.5, 0.6) is 0 Å². The Hall–Kier alpha value is -2.77. The summed E-state index contributed by atoms with van der Waals surface area (Å²) in [5.41, 5.74) is 4.02. The number of amides is 1. The molecule has 0 N–H and O–H groups in total. The van der Waals surface area contributed by atoms with Gasteiger partial charge in [-0.3, -0.25) is 4.79 Å². The van der Waals surface area contributed by atoms with Crippen molar-refractivity contribution >= 4 is 39.1 Å². The van der Waals surface area contributed by atoms with Crippen LogP contribution in [0.4, 0.5) is 0 Å². The Morgan fingerprint density at radius 3 is 2.89 bits per heavy atom. The Kier molecular flexibility index (Phi) is 4.33. The molecule has 1 aliphatic rings. The smallest absolute Gasteiger partial charge is 0.254 e. The lowest BCUT2D eigenvalue weighted by Gasteiger charge is -2.20. The lowest BCUT2D eigenvalue weighted by atomic mass is 10.2. The summed E-state index contributed by atoms with van der Waals surface area (Å²) in [7, 11) is 0. The highest BCUT2D eigenvalue weighted by Gasteiger charge is 2.34. The Labute approximate surface area is 169 Å². The molecule has 2 aromatic carbocycles. The van der Waals surface area contributed by atoms with E-state index in [0.29, 0.717) is 27.9 Å². The summed E-state index contributed by atoms with van der Waals surface area (Å²) >= 11 is 7.73. The maximum atomic E-state index is 13.1. The molecular formula is C20H15ClN4O2S. The molecule has 140 valence electrons. The van der Waals surface area contributed by atoms with Crippen molar-refractivity contribution in [2.75, 3.05) is 0 Å². The molecule has 5 rings (SSSR count). The highest BCUT2D eigenvalue weighted by Crippen LogP contribution is 2.32. The van der Waals surface area contributed by atoms with Crippen molar-refractivity contribution in [1.82, 2.24) is 20.1 Å². The van der Waals surface area contributed by atoms with Gasteiger partial charge in [0.2, 0.25) is 11.8 Å². The van der Waals surface area contributed by atoms with Crippen molar-refractivity contribution in [3.63, 3.8) is 0 Å². The van der Waals surface area contributed by atoms with Crippen molar-refractivity contribution < 1.29 is 9.21 Å². The van der Waals surface area contributed by atoms with Gasteiger partial charge in [0.05, 0.1) is 32.9 Å². The van der Waals surface area contributed by atoms with Crippen molar-refractivity contribution in [3.8, 4) is 11.5 Å². The highest BCUT2D eigenvalue weighted by atomic mass is 35.5. The number of halogens is 1. The first-order chi connectivity index (χ1) is 13.7. The molecule has 2 aromatic heterocycles. The van der Waals surface area contributed by atoms with Gasteiger partial charge in [0, 0.05) is 11.6 Å². The predicted octanol–water partition coefficient (Wildman–Crippen LogP) is 4.80. The molecule has 0 saturated heterocycles. The van der Waals surface area contributed by atoms with Crippen LogP contribution in [-0.4, -0.2) is 32.0 Å². The van der Waals surface area contributed by atoms with Crippen LogP contribution in [0.1, 0.15) is 29.1 Å². The maximum absolute atomic E-state index is 13.1. The van der Waals surface area contributed by atoms with Gasteiger partial charge in [-0.05, 0) is 43.2 Å². The summed E-state index contributed by atoms with van der Waals surface area (Å²) in [4.78, 5) is 19.2. The number of aromatic nitrogens is 3. The van der Waals surface area contributed by atoms with E-state index in [1.54, 1.807) is 11.6 Å². The van der Waals surface area contributed by atoms with Gasteiger partial charge in [-0.2, -0.15) is 0 Å². The van der Waals surface area contributed by atoms with Crippen LogP contribution in [0.3, 0.4) is 0 Å². The van der Waals surface area contributed by atoms with E-state index in [0.717, 1.165) is 23.1 Å². The molecule has 8 heteroatoms. The summed E-state index contributed by atoms with van der Waals surface area (Å²) in [6.45, 7) is 0.279. The number of carbonyl (C=O) groups excluding carboxylic acids is 1. The molecule has 0 unspecified atom stereocenters. The number of carbonyl (C=O) groups is 1. The maximum Gasteiger partial charge on any atom is 0.254 e. The van der Waals surface area contributed by atoms with Gasteiger partial charge in [-0.15, -0.1) is 21.5 Å². The molecule has 0 spiro atoms. The van der Waals surface area contributed by atoms with Gasteiger partial charge in [0.1, 0.15) is 0 Å². The van der Waals surface area contributed by atoms with Gasteiger partial charge >= 0.3 is 0 Å². The Bertz CT molecular complexity index is 1170. The second kappa shape index (κ2) is 7.00. The Morgan fingerprint density at radius 2 is 2.07 bits per heavy atom. The molecule has 1 amide bonds. The summed E-state index contributed by atoms with van der Waals surface area (Å²) in [5, 5.41) is 8.77. The fraction of sp³-hybridized carbons (Fsp3) is 0.200. The summed E-state index contributed by atoms with van der Waals surface area (Å²) in [6, 6.07) is 13.1. The summed E-state index contributed by atoms with van der Waals surface area (Å²) < 4.78 is 6.79. The number of hydrogen-bond acceptors (Lipinski definition) is 6. The average Bonchev–Trinajstić information content (AvgIpc) is 3.25. The van der Waals surface area contributed by atoms with Crippen LogP contribution in [-0.2, 0) is 6.54 Å². The fourth-order valence-electron chi connectivity index (χ4n) is 3.11. The van der Waals surface area contributed by atoms with Crippen molar-refractivity contribution in [3.05, 3.63) is 64.5 Å². The average molecular weight is 411 g/mol. The minimum atomic E-state index is -0.0321. The molecule has 6 nitrogen and oxygen atoms in total. The predicted molar refractivity (Wildman–Crippen MR) is 107 cm³/mol. The van der Waals surface area contributed by atoms with E-state index in [9.17, 15) is 4.79 Å². The van der Waals surface area contributed by atoms with E-state index in [1.165, 1.54) is 11.3 Å². The number of fused-ring (bicyclic) bond motifs is 1. The third kappa shape index (κ3) is 3.27. The highest BCUT2D eigenvalue weighted by molar-refractivity contribution is 7.16. The van der Waals surface area contributed by atoms with E-state index >= 15 is 0 Å². The lowest BCUT2D eigenvalue weighted by molar-refractivity contribution is 0.0714. The minimum Gasteiger partial charge on any atom is -0.419 e. The first-order valence-electron chi connectivity index (χ1n) is 8.90. The second-order valence-electron chi connectivity index (χ2n) is 6.68. The molecule has 4 aromatic rings. The van der Waals surface area contributed by atoms with E-state index < -0.39 is 0 Å². The van der Waals surface area contributed by atoms with E-state index in [-0.39, 0.29) is 18.5 Å². The van der Waals surface area contributed by atoms with E-state index in [4.69, 9.17) is 16.0 Å². The minimum absolute atomic E-state index is 0.0321. The quantitative estimate of drug-likeness (QED) is 0.472. The van der Waals surface area contributed by atoms with Crippen LogP contribution in [0.25, 0.3) is 21.7 Å². The third-order valence-electron chi connectivity index (χ3n) is 4.70. The van der Waals surface area contributed by atoms with E-state index in [1.807, 2.05) is 41.3 Å². The van der Waals surface area contributed by atoms with Crippen LogP contribution in [0, 0.1) is 0 Å². The summed E-state index contributed by atoms with van der Waals surface area (Å²) in [6.07, 6.45) is 1.97. The fourth-order valence-corrected chi connectivity index (χ4v) is 4.05. The standard InChI is InChI=1S/C20H15ClN4O2S/c21-15-4-2-1-3-14(15)19-24-23-18(27-19)10-25(13-6-7-13)20(26)12-5-8-16-17(9-12)28-11-22-16/h1-5,8-9,11,13H,6-7,10H2. The van der Waals surface area contributed by atoms with Crippen LogP contribution < -0.4 is 0 Å². The van der Waals surface area contributed by atoms with Crippen molar-refractivity contribution in [2.45, 2.75) is 25.4 Å². The normalized spacial score (nSPS) is 13.8. The zero-order valence-electron chi connectivity index (χ0n) is 14.7. The first kappa shape index (κ1) is 17.3. The third-order valence-corrected chi connectivity index (χ3v) is 5.82. The molecule has 1 saturated carbocycles. The van der Waals surface area contributed by atoms with Gasteiger partial charge < -0.3 is 9.32 Å². The molecule has 0 aliphatic heterocycles. The van der Waals surface area contributed by atoms with E-state index in [2.05, 4.69) is 15.2 Å². The molecule has 28 heavy (non-hydrogen) atoms. The Balaban J connectivity index is 1.40. The van der Waals surface area contributed by atoms with Gasteiger partial charge in [0.25, 0.3) is 5.91 Å². The van der Waals surface area contributed by atoms with Crippen LogP contribution in [0.2, 0.25) is 5.02 Å². The van der Waals surface area contributed by atoms with Crippen LogP contribution >= 0.6 is 22.9 Å². The molecule has 2 heterocycles.